The zero-order chi connectivity index (χ0) is 26.7. The van der Waals surface area contributed by atoms with Crippen LogP contribution in [0.4, 0.5) is 16.2 Å². The first-order valence-electron chi connectivity index (χ1n) is 11.1. The van der Waals surface area contributed by atoms with Crippen LogP contribution in [0.2, 0.25) is 0 Å². The van der Waals surface area contributed by atoms with Crippen LogP contribution in [0.15, 0.2) is 75.2 Å². The maximum atomic E-state index is 13.2. The molecule has 8 nitrogen and oxygen atoms in total. The first-order valence-corrected chi connectivity index (χ1v) is 12.7. The fourth-order valence-electron chi connectivity index (χ4n) is 3.62. The highest BCUT2D eigenvalue weighted by Crippen LogP contribution is 2.29. The summed E-state index contributed by atoms with van der Waals surface area (Å²) in [4.78, 5) is 51.7. The minimum Gasteiger partial charge on any atom is -0.483 e. The number of benzene rings is 3. The van der Waals surface area contributed by atoms with Gasteiger partial charge in [0.25, 0.3) is 17.7 Å². The number of ether oxygens (including phenoxy) is 1. The summed E-state index contributed by atoms with van der Waals surface area (Å²) in [6, 6.07) is 16.3. The van der Waals surface area contributed by atoms with Crippen LogP contribution in [0.1, 0.15) is 16.7 Å². The van der Waals surface area contributed by atoms with Gasteiger partial charge in [0.05, 0.1) is 5.69 Å². The van der Waals surface area contributed by atoms with Crippen LogP contribution >= 0.6 is 31.9 Å². The number of imide groups is 2. The van der Waals surface area contributed by atoms with Crippen LogP contribution < -0.4 is 20.3 Å². The van der Waals surface area contributed by atoms with E-state index in [0.29, 0.717) is 21.4 Å². The molecule has 4 rings (SSSR count). The monoisotopic (exact) mass is 625 g/mol. The maximum Gasteiger partial charge on any atom is 0.335 e. The number of anilines is 2. The van der Waals surface area contributed by atoms with E-state index in [1.54, 1.807) is 42.5 Å². The number of urea groups is 1. The second kappa shape index (κ2) is 11.1. The van der Waals surface area contributed by atoms with E-state index in [4.69, 9.17) is 4.74 Å². The number of amides is 5. The van der Waals surface area contributed by atoms with Crippen LogP contribution in [0, 0.1) is 13.8 Å². The molecule has 1 fully saturated rings. The minimum atomic E-state index is -0.844. The lowest BCUT2D eigenvalue weighted by Crippen LogP contribution is -2.54. The molecule has 188 valence electrons. The van der Waals surface area contributed by atoms with E-state index in [1.807, 2.05) is 32.0 Å². The molecule has 5 amide bonds. The molecule has 0 aromatic heterocycles. The Kier molecular flexibility index (Phi) is 7.89. The fourth-order valence-corrected chi connectivity index (χ4v) is 4.26. The molecule has 1 saturated heterocycles. The lowest BCUT2D eigenvalue weighted by molar-refractivity contribution is -0.122. The number of carbonyl (C=O) groups is 4. The van der Waals surface area contributed by atoms with E-state index < -0.39 is 17.8 Å². The van der Waals surface area contributed by atoms with Gasteiger partial charge >= 0.3 is 6.03 Å². The molecule has 0 unspecified atom stereocenters. The Morgan fingerprint density at radius 1 is 1.00 bits per heavy atom. The summed E-state index contributed by atoms with van der Waals surface area (Å²) >= 11 is 6.69. The second-order valence-electron chi connectivity index (χ2n) is 8.20. The van der Waals surface area contributed by atoms with Crippen molar-refractivity contribution in [2.75, 3.05) is 16.8 Å². The molecule has 1 heterocycles. The maximum absolute atomic E-state index is 13.2. The molecule has 10 heteroatoms. The molecule has 2 N–H and O–H groups in total. The predicted octanol–water partition coefficient (Wildman–Crippen LogP) is 5.51. The minimum absolute atomic E-state index is 0.259. The fraction of sp³-hybridized carbons (Fsp3) is 0.111. The largest absolute Gasteiger partial charge is 0.483 e. The first-order chi connectivity index (χ1) is 17.6. The van der Waals surface area contributed by atoms with Crippen molar-refractivity contribution in [2.45, 2.75) is 13.8 Å². The third-order valence-electron chi connectivity index (χ3n) is 5.70. The molecular weight excluding hydrogens is 606 g/mol. The third-order valence-corrected chi connectivity index (χ3v) is 6.72. The molecule has 0 bridgehead atoms. The van der Waals surface area contributed by atoms with Crippen molar-refractivity contribution in [2.24, 2.45) is 0 Å². The Bertz CT molecular complexity index is 1450. The molecule has 37 heavy (non-hydrogen) atoms. The zero-order valence-electron chi connectivity index (χ0n) is 19.8. The Morgan fingerprint density at radius 3 is 2.43 bits per heavy atom. The third kappa shape index (κ3) is 5.98. The zero-order valence-corrected chi connectivity index (χ0v) is 23.0. The number of barbiturate groups is 1. The molecule has 1 aliphatic heterocycles. The van der Waals surface area contributed by atoms with Gasteiger partial charge in [-0.15, -0.1) is 0 Å². The highest BCUT2D eigenvalue weighted by Gasteiger charge is 2.37. The molecular formula is C27H21Br2N3O5. The SMILES string of the molecule is Cc1cccc(NC(=O)COc2ccc(Br)cc2/C=C2\C(=O)NC(=O)N(c3ccc(Br)cc3)C2=O)c1C. The molecule has 0 aliphatic carbocycles. The van der Waals surface area contributed by atoms with Crippen molar-refractivity contribution in [3.05, 3.63) is 91.9 Å². The Balaban J connectivity index is 1.58. The standard InChI is InChI=1S/C27H21Br2N3O5/c1-15-4-3-5-22(16(15)2)30-24(33)14-37-23-11-8-19(29)12-17(23)13-21-25(34)31-27(36)32(26(21)35)20-9-6-18(28)7-10-20/h3-13H,14H2,1-2H3,(H,30,33)(H,31,34,36)/b21-13+. The average molecular weight is 627 g/mol. The molecule has 0 spiro atoms. The highest BCUT2D eigenvalue weighted by atomic mass is 79.9. The van der Waals surface area contributed by atoms with Gasteiger partial charge in [-0.2, -0.15) is 0 Å². The van der Waals surface area contributed by atoms with Gasteiger partial charge in [0.15, 0.2) is 6.61 Å². The number of nitrogens with zero attached hydrogens (tertiary/aromatic N) is 1. The smallest absolute Gasteiger partial charge is 0.335 e. The summed E-state index contributed by atoms with van der Waals surface area (Å²) in [7, 11) is 0. The molecule has 0 radical (unpaired) electrons. The van der Waals surface area contributed by atoms with E-state index in [1.165, 1.54) is 6.08 Å². The van der Waals surface area contributed by atoms with Crippen molar-refractivity contribution in [1.82, 2.24) is 5.32 Å². The molecule has 1 aliphatic rings. The summed E-state index contributed by atoms with van der Waals surface area (Å²) in [5.41, 5.74) is 3.11. The molecule has 0 saturated carbocycles. The van der Waals surface area contributed by atoms with Gasteiger partial charge in [-0.1, -0.05) is 44.0 Å². The van der Waals surface area contributed by atoms with Crippen LogP contribution in [0.3, 0.4) is 0 Å². The first kappa shape index (κ1) is 26.3. The Morgan fingerprint density at radius 2 is 1.70 bits per heavy atom. The van der Waals surface area contributed by atoms with Crippen LogP contribution in [0.5, 0.6) is 5.75 Å². The van der Waals surface area contributed by atoms with Gasteiger partial charge in [-0.05, 0) is 79.6 Å². The summed E-state index contributed by atoms with van der Waals surface area (Å²) < 4.78 is 7.18. The van der Waals surface area contributed by atoms with Crippen molar-refractivity contribution < 1.29 is 23.9 Å². The van der Waals surface area contributed by atoms with Gasteiger partial charge in [-0.3, -0.25) is 19.7 Å². The topological polar surface area (TPSA) is 105 Å². The Labute approximate surface area is 229 Å². The number of aryl methyl sites for hydroxylation is 1. The highest BCUT2D eigenvalue weighted by molar-refractivity contribution is 9.10. The second-order valence-corrected chi connectivity index (χ2v) is 10.0. The molecule has 3 aromatic rings. The quantitative estimate of drug-likeness (QED) is 0.277. The van der Waals surface area contributed by atoms with Crippen LogP contribution in [0.25, 0.3) is 6.08 Å². The Hall–Kier alpha value is -3.76. The normalized spacial score (nSPS) is 14.5. The van der Waals surface area contributed by atoms with Gasteiger partial charge in [0.2, 0.25) is 0 Å². The van der Waals surface area contributed by atoms with Gasteiger partial charge in [0.1, 0.15) is 11.3 Å². The number of carbonyl (C=O) groups excluding carboxylic acids is 4. The number of hydrogen-bond acceptors (Lipinski definition) is 5. The van der Waals surface area contributed by atoms with Crippen molar-refractivity contribution in [3.8, 4) is 5.75 Å². The number of rotatable bonds is 6. The van der Waals surface area contributed by atoms with E-state index in [2.05, 4.69) is 42.5 Å². The lowest BCUT2D eigenvalue weighted by atomic mass is 10.1. The summed E-state index contributed by atoms with van der Waals surface area (Å²) in [5, 5.41) is 5.02. The van der Waals surface area contributed by atoms with Crippen molar-refractivity contribution in [1.29, 1.82) is 0 Å². The number of halogens is 2. The molecule has 0 atom stereocenters. The van der Waals surface area contributed by atoms with E-state index >= 15 is 0 Å². The van der Waals surface area contributed by atoms with Crippen molar-refractivity contribution in [3.63, 3.8) is 0 Å². The van der Waals surface area contributed by atoms with Crippen LogP contribution in [-0.4, -0.2) is 30.4 Å². The summed E-state index contributed by atoms with van der Waals surface area (Å²) in [6.45, 7) is 3.57. The summed E-state index contributed by atoms with van der Waals surface area (Å²) in [6.07, 6.45) is 1.33. The summed E-state index contributed by atoms with van der Waals surface area (Å²) in [5.74, 6) is -1.70. The molecule has 3 aromatic carbocycles. The van der Waals surface area contributed by atoms with Gasteiger partial charge in [-0.25, -0.2) is 9.69 Å². The van der Waals surface area contributed by atoms with E-state index in [9.17, 15) is 19.2 Å². The average Bonchev–Trinajstić information content (AvgIpc) is 2.85. The lowest BCUT2D eigenvalue weighted by Gasteiger charge is -2.26. The van der Waals surface area contributed by atoms with Gasteiger partial charge in [0, 0.05) is 20.2 Å². The van der Waals surface area contributed by atoms with Crippen molar-refractivity contribution >= 4 is 73.1 Å². The van der Waals surface area contributed by atoms with Gasteiger partial charge < -0.3 is 10.1 Å². The van der Waals surface area contributed by atoms with E-state index in [0.717, 1.165) is 20.5 Å². The van der Waals surface area contributed by atoms with E-state index in [-0.39, 0.29) is 23.8 Å². The number of hydrogen-bond donors (Lipinski definition) is 2. The number of nitrogens with one attached hydrogen (secondary N) is 2. The predicted molar refractivity (Wildman–Crippen MR) is 147 cm³/mol. The van der Waals surface area contributed by atoms with Crippen LogP contribution in [-0.2, 0) is 14.4 Å².